The van der Waals surface area contributed by atoms with E-state index in [4.69, 9.17) is 0 Å². The number of rotatable bonds is 2. The summed E-state index contributed by atoms with van der Waals surface area (Å²) in [6, 6.07) is 8.15. The molecule has 1 aliphatic carbocycles. The highest BCUT2D eigenvalue weighted by Gasteiger charge is 2.21. The molecule has 2 rings (SSSR count). The van der Waals surface area contributed by atoms with Crippen LogP contribution in [0.1, 0.15) is 55.8 Å². The smallest absolute Gasteiger partial charge is 0.0761 e. The number of aliphatic hydroxyl groups is 2. The lowest BCUT2D eigenvalue weighted by atomic mass is 9.82. The van der Waals surface area contributed by atoms with Crippen molar-refractivity contribution < 1.29 is 10.2 Å². The molecule has 2 heteroatoms. The summed E-state index contributed by atoms with van der Waals surface area (Å²) >= 11 is 0. The fourth-order valence-electron chi connectivity index (χ4n) is 2.51. The molecule has 0 heterocycles. The van der Waals surface area contributed by atoms with Crippen LogP contribution in [0.4, 0.5) is 0 Å². The minimum Gasteiger partial charge on any atom is -0.393 e. The maximum Gasteiger partial charge on any atom is 0.0761 e. The maximum atomic E-state index is 9.64. The second-order valence-electron chi connectivity index (χ2n) is 4.86. The second kappa shape index (κ2) is 4.98. The van der Waals surface area contributed by atoms with E-state index >= 15 is 0 Å². The van der Waals surface area contributed by atoms with Gasteiger partial charge in [0.25, 0.3) is 0 Å². The molecule has 1 aromatic rings. The van der Waals surface area contributed by atoms with Crippen LogP contribution in [0.25, 0.3) is 0 Å². The summed E-state index contributed by atoms with van der Waals surface area (Å²) in [5.41, 5.74) is 2.25. The van der Waals surface area contributed by atoms with E-state index in [0.717, 1.165) is 24.8 Å². The van der Waals surface area contributed by atoms with Gasteiger partial charge in [-0.2, -0.15) is 0 Å². The van der Waals surface area contributed by atoms with Gasteiger partial charge < -0.3 is 10.2 Å². The van der Waals surface area contributed by atoms with Gasteiger partial charge in [0, 0.05) is 0 Å². The third kappa shape index (κ3) is 2.63. The molecule has 0 aliphatic heterocycles. The van der Waals surface area contributed by atoms with Gasteiger partial charge in [-0.1, -0.05) is 30.7 Å². The van der Waals surface area contributed by atoms with E-state index in [-0.39, 0.29) is 6.10 Å². The van der Waals surface area contributed by atoms with Crippen molar-refractivity contribution >= 4 is 0 Å². The van der Waals surface area contributed by atoms with Crippen molar-refractivity contribution in [2.45, 2.75) is 50.7 Å². The molecule has 1 aromatic carbocycles. The minimum absolute atomic E-state index is 0.129. The molecule has 0 bridgehead atoms. The summed E-state index contributed by atoms with van der Waals surface area (Å²) < 4.78 is 0. The molecular weight excluding hydrogens is 200 g/mol. The van der Waals surface area contributed by atoms with Gasteiger partial charge in [-0.3, -0.25) is 0 Å². The summed E-state index contributed by atoms with van der Waals surface area (Å²) in [6.45, 7) is 1.78. The largest absolute Gasteiger partial charge is 0.393 e. The van der Waals surface area contributed by atoms with Gasteiger partial charge in [0.15, 0.2) is 0 Å². The van der Waals surface area contributed by atoms with Crippen LogP contribution in [0.2, 0.25) is 0 Å². The van der Waals surface area contributed by atoms with E-state index in [0.29, 0.717) is 5.92 Å². The molecule has 0 spiro atoms. The molecule has 0 radical (unpaired) electrons. The highest BCUT2D eigenvalue weighted by atomic mass is 16.3. The molecule has 3 atom stereocenters. The van der Waals surface area contributed by atoms with Crippen molar-refractivity contribution in [2.24, 2.45) is 0 Å². The Hall–Kier alpha value is -0.860. The van der Waals surface area contributed by atoms with E-state index in [1.54, 1.807) is 6.92 Å². The summed E-state index contributed by atoms with van der Waals surface area (Å²) in [4.78, 5) is 0. The second-order valence-corrected chi connectivity index (χ2v) is 4.86. The SMILES string of the molecule is CC(O)c1ccc(C2CCCC(O)C2)cc1. The van der Waals surface area contributed by atoms with Crippen molar-refractivity contribution in [1.29, 1.82) is 0 Å². The molecule has 0 amide bonds. The van der Waals surface area contributed by atoms with E-state index in [9.17, 15) is 10.2 Å². The van der Waals surface area contributed by atoms with Crippen molar-refractivity contribution in [3.05, 3.63) is 35.4 Å². The molecule has 0 saturated heterocycles. The van der Waals surface area contributed by atoms with Crippen molar-refractivity contribution in [1.82, 2.24) is 0 Å². The van der Waals surface area contributed by atoms with Crippen LogP contribution in [0.3, 0.4) is 0 Å². The Morgan fingerprint density at radius 2 is 1.88 bits per heavy atom. The van der Waals surface area contributed by atoms with E-state index in [1.165, 1.54) is 12.0 Å². The van der Waals surface area contributed by atoms with Gasteiger partial charge in [0.2, 0.25) is 0 Å². The topological polar surface area (TPSA) is 40.5 Å². The van der Waals surface area contributed by atoms with Crippen LogP contribution in [0, 0.1) is 0 Å². The van der Waals surface area contributed by atoms with Gasteiger partial charge in [0.05, 0.1) is 12.2 Å². The Morgan fingerprint density at radius 1 is 1.19 bits per heavy atom. The quantitative estimate of drug-likeness (QED) is 0.804. The predicted octanol–water partition coefficient (Wildman–Crippen LogP) is 2.76. The molecule has 16 heavy (non-hydrogen) atoms. The Labute approximate surface area is 96.9 Å². The van der Waals surface area contributed by atoms with E-state index < -0.39 is 6.10 Å². The normalized spacial score (nSPS) is 27.7. The molecular formula is C14H20O2. The van der Waals surface area contributed by atoms with Gasteiger partial charge in [-0.15, -0.1) is 0 Å². The lowest BCUT2D eigenvalue weighted by molar-refractivity contribution is 0.119. The van der Waals surface area contributed by atoms with Gasteiger partial charge in [-0.05, 0) is 43.2 Å². The average molecular weight is 220 g/mol. The number of hydrogen-bond donors (Lipinski definition) is 2. The average Bonchev–Trinajstić information content (AvgIpc) is 2.29. The van der Waals surface area contributed by atoms with Crippen LogP contribution in [0.15, 0.2) is 24.3 Å². The predicted molar refractivity (Wildman–Crippen MR) is 64.3 cm³/mol. The first kappa shape index (κ1) is 11.6. The van der Waals surface area contributed by atoms with Gasteiger partial charge >= 0.3 is 0 Å². The standard InChI is InChI=1S/C14H20O2/c1-10(15)11-5-7-12(8-6-11)13-3-2-4-14(16)9-13/h5-8,10,13-16H,2-4,9H2,1H3. The Bertz CT molecular complexity index is 329. The minimum atomic E-state index is -0.397. The van der Waals surface area contributed by atoms with Crippen LogP contribution in [0.5, 0.6) is 0 Å². The maximum absolute atomic E-state index is 9.64. The van der Waals surface area contributed by atoms with Crippen LogP contribution in [-0.4, -0.2) is 16.3 Å². The number of aliphatic hydroxyl groups excluding tert-OH is 2. The third-order valence-corrected chi connectivity index (χ3v) is 3.54. The van der Waals surface area contributed by atoms with Crippen molar-refractivity contribution in [3.63, 3.8) is 0 Å². The fraction of sp³-hybridized carbons (Fsp3) is 0.571. The highest BCUT2D eigenvalue weighted by Crippen LogP contribution is 2.33. The van der Waals surface area contributed by atoms with E-state index in [1.807, 2.05) is 12.1 Å². The van der Waals surface area contributed by atoms with Crippen molar-refractivity contribution in [2.75, 3.05) is 0 Å². The molecule has 1 saturated carbocycles. The zero-order valence-corrected chi connectivity index (χ0v) is 9.76. The molecule has 2 nitrogen and oxygen atoms in total. The monoisotopic (exact) mass is 220 g/mol. The van der Waals surface area contributed by atoms with E-state index in [2.05, 4.69) is 12.1 Å². The lowest BCUT2D eigenvalue weighted by Gasteiger charge is -2.26. The highest BCUT2D eigenvalue weighted by molar-refractivity contribution is 5.26. The van der Waals surface area contributed by atoms with Crippen LogP contribution >= 0.6 is 0 Å². The molecule has 1 aliphatic rings. The summed E-state index contributed by atoms with van der Waals surface area (Å²) in [5.74, 6) is 0.492. The first-order valence-electron chi connectivity index (χ1n) is 6.13. The van der Waals surface area contributed by atoms with Gasteiger partial charge in [0.1, 0.15) is 0 Å². The molecule has 88 valence electrons. The van der Waals surface area contributed by atoms with Crippen LogP contribution < -0.4 is 0 Å². The number of benzene rings is 1. The number of hydrogen-bond acceptors (Lipinski definition) is 2. The van der Waals surface area contributed by atoms with Crippen molar-refractivity contribution in [3.8, 4) is 0 Å². The lowest BCUT2D eigenvalue weighted by Crippen LogP contribution is -2.18. The Balaban J connectivity index is 2.09. The summed E-state index contributed by atoms with van der Waals surface area (Å²) in [5, 5.41) is 19.1. The zero-order chi connectivity index (χ0) is 11.5. The van der Waals surface area contributed by atoms with Crippen LogP contribution in [-0.2, 0) is 0 Å². The van der Waals surface area contributed by atoms with Gasteiger partial charge in [-0.25, -0.2) is 0 Å². The molecule has 2 N–H and O–H groups in total. The summed E-state index contributed by atoms with van der Waals surface area (Å²) in [7, 11) is 0. The molecule has 1 fully saturated rings. The first-order valence-corrected chi connectivity index (χ1v) is 6.13. The summed E-state index contributed by atoms with van der Waals surface area (Å²) in [6.07, 6.45) is 3.59. The molecule has 3 unspecified atom stereocenters. The zero-order valence-electron chi connectivity index (χ0n) is 9.76. The molecule has 0 aromatic heterocycles. The third-order valence-electron chi connectivity index (χ3n) is 3.54. The Morgan fingerprint density at radius 3 is 2.44 bits per heavy atom. The fourth-order valence-corrected chi connectivity index (χ4v) is 2.51. The Kier molecular flexibility index (Phi) is 3.62. The first-order chi connectivity index (χ1) is 7.66.